The Hall–Kier alpha value is -0.910. The second-order valence-electron chi connectivity index (χ2n) is 1.67. The Kier molecular flexibility index (Phi) is 3.18. The lowest BCUT2D eigenvalue weighted by Gasteiger charge is -2.00. The van der Waals surface area contributed by atoms with Gasteiger partial charge in [-0.05, 0) is 0 Å². The van der Waals surface area contributed by atoms with Crippen LogP contribution in [0.15, 0.2) is 5.16 Å². The molecule has 0 atom stereocenters. The first-order chi connectivity index (χ1) is 4.87. The number of nitrogens with zero attached hydrogens (tertiary/aromatic N) is 1. The van der Waals surface area contributed by atoms with Crippen molar-refractivity contribution >= 4 is 19.3 Å². The van der Waals surface area contributed by atoms with Crippen LogP contribution < -0.4 is 0 Å². The van der Waals surface area contributed by atoms with Gasteiger partial charge in [0.15, 0.2) is 5.71 Å². The van der Waals surface area contributed by atoms with Gasteiger partial charge in [0.05, 0.1) is 0 Å². The van der Waals surface area contributed by atoms with Crippen LogP contribution in [0.2, 0.25) is 0 Å². The Bertz CT molecular complexity index is 228. The fourth-order valence-corrected chi connectivity index (χ4v) is 0.926. The number of hydrogen-bond donors (Lipinski definition) is 4. The molecule has 0 unspecified atom stereocenters. The zero-order chi connectivity index (χ0) is 9.07. The summed E-state index contributed by atoms with van der Waals surface area (Å²) in [4.78, 5) is 26.4. The third-order valence-electron chi connectivity index (χ3n) is 0.723. The van der Waals surface area contributed by atoms with E-state index in [1.54, 1.807) is 0 Å². The molecule has 0 saturated heterocycles. The van der Waals surface area contributed by atoms with Crippen molar-refractivity contribution in [2.24, 2.45) is 5.16 Å². The Morgan fingerprint density at radius 3 is 2.00 bits per heavy atom. The number of oxime groups is 1. The van der Waals surface area contributed by atoms with Crippen molar-refractivity contribution in [2.75, 3.05) is 6.16 Å². The normalized spacial score (nSPS) is 13.1. The average Bonchev–Trinajstić information content (AvgIpc) is 1.80. The zero-order valence-corrected chi connectivity index (χ0v) is 6.10. The molecule has 0 aromatic heterocycles. The standard InChI is InChI=1S/C3H6NO6P/c5-3(6)2(4-7)1-11(8,9)10/h7H,1H2,(H,5,6)(H2,8,9,10). The van der Waals surface area contributed by atoms with Crippen LogP contribution in [0, 0.1) is 0 Å². The molecule has 0 saturated carbocycles. The third kappa shape index (κ3) is 4.49. The van der Waals surface area contributed by atoms with Gasteiger partial charge < -0.3 is 20.1 Å². The van der Waals surface area contributed by atoms with Crippen molar-refractivity contribution < 1.29 is 29.5 Å². The molecule has 0 aliphatic carbocycles. The monoisotopic (exact) mass is 183 g/mol. The van der Waals surface area contributed by atoms with Gasteiger partial charge >= 0.3 is 13.6 Å². The molecule has 0 aliphatic heterocycles. The van der Waals surface area contributed by atoms with Crippen LogP contribution in [0.4, 0.5) is 0 Å². The highest BCUT2D eigenvalue weighted by molar-refractivity contribution is 7.53. The molecular weight excluding hydrogens is 177 g/mol. The topological polar surface area (TPSA) is 127 Å². The summed E-state index contributed by atoms with van der Waals surface area (Å²) in [6.45, 7) is 0. The fraction of sp³-hybridized carbons (Fsp3) is 0.333. The number of carboxylic acids is 1. The van der Waals surface area contributed by atoms with Crippen LogP contribution in [-0.2, 0) is 9.36 Å². The van der Waals surface area contributed by atoms with E-state index in [4.69, 9.17) is 20.1 Å². The molecule has 11 heavy (non-hydrogen) atoms. The van der Waals surface area contributed by atoms with Crippen molar-refractivity contribution in [3.05, 3.63) is 0 Å². The van der Waals surface area contributed by atoms with Gasteiger partial charge in [0.1, 0.15) is 6.16 Å². The van der Waals surface area contributed by atoms with Crippen LogP contribution in [0.5, 0.6) is 0 Å². The van der Waals surface area contributed by atoms with Gasteiger partial charge in [-0.2, -0.15) is 0 Å². The van der Waals surface area contributed by atoms with Crippen molar-refractivity contribution in [2.45, 2.75) is 0 Å². The largest absolute Gasteiger partial charge is 0.477 e. The van der Waals surface area contributed by atoms with E-state index in [9.17, 15) is 9.36 Å². The molecule has 4 N–H and O–H groups in total. The zero-order valence-electron chi connectivity index (χ0n) is 5.21. The smallest absolute Gasteiger partial charge is 0.354 e. The van der Waals surface area contributed by atoms with Gasteiger partial charge in [0.2, 0.25) is 0 Å². The molecule has 0 rings (SSSR count). The minimum Gasteiger partial charge on any atom is -0.477 e. The molecular formula is C3H6NO6P. The summed E-state index contributed by atoms with van der Waals surface area (Å²) in [6.07, 6.45) is -1.07. The quantitative estimate of drug-likeness (QED) is 0.194. The van der Waals surface area contributed by atoms with Crippen LogP contribution in [-0.4, -0.2) is 37.9 Å². The van der Waals surface area contributed by atoms with Crippen molar-refractivity contribution in [1.29, 1.82) is 0 Å². The first-order valence-corrected chi connectivity index (χ1v) is 4.15. The van der Waals surface area contributed by atoms with Crippen molar-refractivity contribution in [1.82, 2.24) is 0 Å². The Labute approximate surface area is 61.1 Å². The molecule has 0 aromatic carbocycles. The molecule has 0 heterocycles. The minimum atomic E-state index is -4.46. The summed E-state index contributed by atoms with van der Waals surface area (Å²) >= 11 is 0. The maximum atomic E-state index is 10.1. The first-order valence-electron chi connectivity index (χ1n) is 2.35. The third-order valence-corrected chi connectivity index (χ3v) is 1.43. The number of carbonyl (C=O) groups is 1. The molecule has 0 spiro atoms. The van der Waals surface area contributed by atoms with E-state index in [1.807, 2.05) is 0 Å². The van der Waals surface area contributed by atoms with Crippen LogP contribution >= 0.6 is 7.60 Å². The average molecular weight is 183 g/mol. The Morgan fingerprint density at radius 2 is 1.91 bits per heavy atom. The van der Waals surface area contributed by atoms with Crippen molar-refractivity contribution in [3.8, 4) is 0 Å². The van der Waals surface area contributed by atoms with Gasteiger partial charge in [-0.3, -0.25) is 4.57 Å². The molecule has 0 aliphatic rings. The second-order valence-corrected chi connectivity index (χ2v) is 3.32. The maximum absolute atomic E-state index is 10.1. The number of hydrogen-bond acceptors (Lipinski definition) is 4. The highest BCUT2D eigenvalue weighted by Crippen LogP contribution is 2.33. The van der Waals surface area contributed by atoms with E-state index in [0.717, 1.165) is 0 Å². The number of aliphatic carboxylic acids is 1. The minimum absolute atomic E-state index is 0.960. The highest BCUT2D eigenvalue weighted by Gasteiger charge is 2.22. The predicted molar refractivity (Wildman–Crippen MR) is 33.8 cm³/mol. The van der Waals surface area contributed by atoms with E-state index in [2.05, 4.69) is 5.16 Å². The highest BCUT2D eigenvalue weighted by atomic mass is 31.2. The van der Waals surface area contributed by atoms with Gasteiger partial charge in [-0.25, -0.2) is 4.79 Å². The summed E-state index contributed by atoms with van der Waals surface area (Å²) < 4.78 is 10.1. The van der Waals surface area contributed by atoms with E-state index < -0.39 is 25.4 Å². The first kappa shape index (κ1) is 10.1. The molecule has 7 nitrogen and oxygen atoms in total. The number of rotatable bonds is 3. The Balaban J connectivity index is 4.37. The second kappa shape index (κ2) is 3.47. The molecule has 0 amide bonds. The predicted octanol–water partition coefficient (Wildman–Crippen LogP) is -0.921. The van der Waals surface area contributed by atoms with Gasteiger partial charge in [0.25, 0.3) is 0 Å². The summed E-state index contributed by atoms with van der Waals surface area (Å²) in [7, 11) is -4.46. The number of carboxylic acid groups (broad SMARTS) is 1. The molecule has 8 heteroatoms. The van der Waals surface area contributed by atoms with Crippen LogP contribution in [0.25, 0.3) is 0 Å². The van der Waals surface area contributed by atoms with Crippen molar-refractivity contribution in [3.63, 3.8) is 0 Å². The fourth-order valence-electron chi connectivity index (χ4n) is 0.337. The molecule has 64 valence electrons. The Morgan fingerprint density at radius 1 is 1.45 bits per heavy atom. The van der Waals surface area contributed by atoms with E-state index in [-0.39, 0.29) is 0 Å². The lowest BCUT2D eigenvalue weighted by Crippen LogP contribution is -2.17. The van der Waals surface area contributed by atoms with Crippen LogP contribution in [0.1, 0.15) is 0 Å². The molecule has 0 radical (unpaired) electrons. The molecule has 0 bridgehead atoms. The summed E-state index contributed by atoms with van der Waals surface area (Å²) in [5.74, 6) is -1.66. The maximum Gasteiger partial charge on any atom is 0.354 e. The van der Waals surface area contributed by atoms with E-state index in [1.165, 1.54) is 0 Å². The summed E-state index contributed by atoms with van der Waals surface area (Å²) in [6, 6.07) is 0. The summed E-state index contributed by atoms with van der Waals surface area (Å²) in [5.41, 5.74) is -0.960. The van der Waals surface area contributed by atoms with E-state index >= 15 is 0 Å². The van der Waals surface area contributed by atoms with Gasteiger partial charge in [0, 0.05) is 0 Å². The lowest BCUT2D eigenvalue weighted by molar-refractivity contribution is -0.129. The lowest BCUT2D eigenvalue weighted by atomic mass is 10.4. The van der Waals surface area contributed by atoms with Gasteiger partial charge in [-0.15, -0.1) is 0 Å². The van der Waals surface area contributed by atoms with Gasteiger partial charge in [-0.1, -0.05) is 5.16 Å². The summed E-state index contributed by atoms with van der Waals surface area (Å²) in [5, 5.41) is 18.2. The van der Waals surface area contributed by atoms with E-state index in [0.29, 0.717) is 0 Å². The molecule has 0 fully saturated rings. The van der Waals surface area contributed by atoms with Crippen LogP contribution in [0.3, 0.4) is 0 Å². The SMILES string of the molecule is O=C(O)C(CP(=O)(O)O)=NO. The molecule has 0 aromatic rings.